The second-order valence-electron chi connectivity index (χ2n) is 4.78. The first kappa shape index (κ1) is 17.8. The zero-order chi connectivity index (χ0) is 14.9. The number of nitrogens with one attached hydrogen (secondary N) is 1. The first-order chi connectivity index (χ1) is 8.80. The van der Waals surface area contributed by atoms with Crippen LogP contribution in [0.1, 0.15) is 27.7 Å². The van der Waals surface area contributed by atoms with Crippen LogP contribution in [0.4, 0.5) is 4.79 Å². The molecule has 0 aliphatic heterocycles. The number of hydrogen-bond donors (Lipinski definition) is 1. The summed E-state index contributed by atoms with van der Waals surface area (Å²) in [6.45, 7) is 10.9. The molecule has 0 heterocycles. The Labute approximate surface area is 119 Å². The molecule has 0 aliphatic rings. The second kappa shape index (κ2) is 8.85. The SMILES string of the molecule is C=CCSC[C@H](NC(=O)OC(C)(C)C)C(=O)OCC. The van der Waals surface area contributed by atoms with Crippen molar-refractivity contribution in [1.82, 2.24) is 5.32 Å². The number of rotatable bonds is 7. The van der Waals surface area contributed by atoms with E-state index in [-0.39, 0.29) is 6.61 Å². The van der Waals surface area contributed by atoms with Gasteiger partial charge in [0.15, 0.2) is 0 Å². The van der Waals surface area contributed by atoms with E-state index in [1.54, 1.807) is 33.8 Å². The number of esters is 1. The maximum atomic E-state index is 11.7. The zero-order valence-electron chi connectivity index (χ0n) is 12.0. The van der Waals surface area contributed by atoms with Gasteiger partial charge in [-0.05, 0) is 27.7 Å². The molecule has 0 aliphatic carbocycles. The van der Waals surface area contributed by atoms with E-state index in [4.69, 9.17) is 9.47 Å². The highest BCUT2D eigenvalue weighted by Crippen LogP contribution is 2.09. The fraction of sp³-hybridized carbons (Fsp3) is 0.692. The second-order valence-corrected chi connectivity index (χ2v) is 5.85. The molecule has 1 atom stereocenters. The number of carbonyl (C=O) groups excluding carboxylic acids is 2. The van der Waals surface area contributed by atoms with Crippen LogP contribution in [0.3, 0.4) is 0 Å². The van der Waals surface area contributed by atoms with Crippen molar-refractivity contribution in [3.05, 3.63) is 12.7 Å². The van der Waals surface area contributed by atoms with Crippen LogP contribution in [0.15, 0.2) is 12.7 Å². The summed E-state index contributed by atoms with van der Waals surface area (Å²) in [5, 5.41) is 2.53. The van der Waals surface area contributed by atoms with Crippen molar-refractivity contribution in [3.63, 3.8) is 0 Å². The predicted molar refractivity (Wildman–Crippen MR) is 77.3 cm³/mol. The largest absolute Gasteiger partial charge is 0.464 e. The zero-order valence-corrected chi connectivity index (χ0v) is 12.8. The number of amides is 1. The van der Waals surface area contributed by atoms with Gasteiger partial charge in [-0.25, -0.2) is 9.59 Å². The van der Waals surface area contributed by atoms with E-state index in [0.29, 0.717) is 11.5 Å². The summed E-state index contributed by atoms with van der Waals surface area (Å²) in [6, 6.07) is -0.709. The fourth-order valence-electron chi connectivity index (χ4n) is 1.13. The standard InChI is InChI=1S/C13H23NO4S/c1-6-8-19-9-10(11(15)17-7-2)14-12(16)18-13(3,4)5/h6,10H,1,7-9H2,2-5H3,(H,14,16)/t10-/m0/s1. The molecule has 0 aromatic heterocycles. The van der Waals surface area contributed by atoms with Gasteiger partial charge in [-0.2, -0.15) is 11.8 Å². The summed E-state index contributed by atoms with van der Waals surface area (Å²) in [6.07, 6.45) is 1.12. The van der Waals surface area contributed by atoms with Gasteiger partial charge in [-0.15, -0.1) is 6.58 Å². The highest BCUT2D eigenvalue weighted by atomic mass is 32.2. The normalized spacial score (nSPS) is 12.4. The summed E-state index contributed by atoms with van der Waals surface area (Å²) in [7, 11) is 0. The predicted octanol–water partition coefficient (Wildman–Crippen LogP) is 2.36. The molecule has 0 radical (unpaired) electrons. The van der Waals surface area contributed by atoms with Gasteiger partial charge in [0, 0.05) is 11.5 Å². The van der Waals surface area contributed by atoms with Crippen molar-refractivity contribution in [2.24, 2.45) is 0 Å². The molecule has 1 N–H and O–H groups in total. The molecule has 0 saturated heterocycles. The van der Waals surface area contributed by atoms with Crippen molar-refractivity contribution in [1.29, 1.82) is 0 Å². The van der Waals surface area contributed by atoms with Crippen molar-refractivity contribution in [2.45, 2.75) is 39.3 Å². The highest BCUT2D eigenvalue weighted by molar-refractivity contribution is 7.99. The van der Waals surface area contributed by atoms with E-state index in [2.05, 4.69) is 11.9 Å². The quantitative estimate of drug-likeness (QED) is 0.443. The lowest BCUT2D eigenvalue weighted by Crippen LogP contribution is -2.45. The highest BCUT2D eigenvalue weighted by Gasteiger charge is 2.25. The van der Waals surface area contributed by atoms with Crippen LogP contribution >= 0.6 is 11.8 Å². The summed E-state index contributed by atoms with van der Waals surface area (Å²) in [4.78, 5) is 23.3. The number of carbonyl (C=O) groups is 2. The molecule has 0 rings (SSSR count). The van der Waals surface area contributed by atoms with E-state index >= 15 is 0 Å². The molecule has 19 heavy (non-hydrogen) atoms. The molecule has 0 bridgehead atoms. The van der Waals surface area contributed by atoms with Gasteiger partial charge in [0.25, 0.3) is 0 Å². The summed E-state index contributed by atoms with van der Waals surface area (Å²) in [5.74, 6) is 0.667. The third kappa shape index (κ3) is 9.41. The number of hydrogen-bond acceptors (Lipinski definition) is 5. The molecular weight excluding hydrogens is 266 g/mol. The molecule has 0 fully saturated rings. The molecule has 1 amide bonds. The Hall–Kier alpha value is -1.17. The lowest BCUT2D eigenvalue weighted by atomic mass is 10.2. The molecular formula is C13H23NO4S. The molecule has 6 heteroatoms. The van der Waals surface area contributed by atoms with E-state index in [0.717, 1.165) is 0 Å². The van der Waals surface area contributed by atoms with E-state index in [1.165, 1.54) is 11.8 Å². The van der Waals surface area contributed by atoms with Gasteiger partial charge >= 0.3 is 12.1 Å². The molecule has 0 aromatic rings. The Morgan fingerprint density at radius 1 is 1.42 bits per heavy atom. The van der Waals surface area contributed by atoms with Gasteiger partial charge in [0.1, 0.15) is 11.6 Å². The Balaban J connectivity index is 4.43. The minimum atomic E-state index is -0.709. The Morgan fingerprint density at radius 2 is 2.05 bits per heavy atom. The maximum Gasteiger partial charge on any atom is 0.408 e. The minimum absolute atomic E-state index is 0.275. The minimum Gasteiger partial charge on any atom is -0.464 e. The van der Waals surface area contributed by atoms with Gasteiger partial charge < -0.3 is 14.8 Å². The van der Waals surface area contributed by atoms with Crippen LogP contribution < -0.4 is 5.32 Å². The van der Waals surface area contributed by atoms with Gasteiger partial charge in [0.05, 0.1) is 6.61 Å². The van der Waals surface area contributed by atoms with Gasteiger partial charge in [-0.3, -0.25) is 0 Å². The number of alkyl carbamates (subject to hydrolysis) is 1. The summed E-state index contributed by atoms with van der Waals surface area (Å²) < 4.78 is 10.0. The van der Waals surface area contributed by atoms with Crippen molar-refractivity contribution < 1.29 is 19.1 Å². The van der Waals surface area contributed by atoms with Crippen LogP contribution in [0.25, 0.3) is 0 Å². The lowest BCUT2D eigenvalue weighted by Gasteiger charge is -2.22. The van der Waals surface area contributed by atoms with Crippen LogP contribution in [0, 0.1) is 0 Å². The Bertz CT molecular complexity index is 312. The number of thioether (sulfide) groups is 1. The Morgan fingerprint density at radius 3 is 2.53 bits per heavy atom. The summed E-state index contributed by atoms with van der Waals surface area (Å²) in [5.41, 5.74) is -0.600. The van der Waals surface area contributed by atoms with Crippen molar-refractivity contribution in [3.8, 4) is 0 Å². The van der Waals surface area contributed by atoms with Crippen molar-refractivity contribution in [2.75, 3.05) is 18.1 Å². The van der Waals surface area contributed by atoms with E-state index in [1.807, 2.05) is 0 Å². The van der Waals surface area contributed by atoms with Crippen LogP contribution in [-0.2, 0) is 14.3 Å². The lowest BCUT2D eigenvalue weighted by molar-refractivity contribution is -0.145. The van der Waals surface area contributed by atoms with E-state index in [9.17, 15) is 9.59 Å². The average Bonchev–Trinajstić information content (AvgIpc) is 2.25. The van der Waals surface area contributed by atoms with Crippen LogP contribution in [-0.4, -0.2) is 41.8 Å². The first-order valence-corrected chi connectivity index (χ1v) is 7.30. The molecule has 0 spiro atoms. The van der Waals surface area contributed by atoms with Crippen LogP contribution in [0.5, 0.6) is 0 Å². The maximum absolute atomic E-state index is 11.7. The fourth-order valence-corrected chi connectivity index (χ4v) is 1.89. The third-order valence-electron chi connectivity index (χ3n) is 1.78. The topological polar surface area (TPSA) is 64.6 Å². The first-order valence-electron chi connectivity index (χ1n) is 6.15. The Kier molecular flexibility index (Phi) is 8.30. The third-order valence-corrected chi connectivity index (χ3v) is 2.82. The molecule has 5 nitrogen and oxygen atoms in total. The van der Waals surface area contributed by atoms with Gasteiger partial charge in [-0.1, -0.05) is 6.08 Å². The van der Waals surface area contributed by atoms with E-state index < -0.39 is 23.7 Å². The van der Waals surface area contributed by atoms with Gasteiger partial charge in [0.2, 0.25) is 0 Å². The monoisotopic (exact) mass is 289 g/mol. The molecule has 0 aromatic carbocycles. The number of ether oxygens (including phenoxy) is 2. The van der Waals surface area contributed by atoms with Crippen molar-refractivity contribution >= 4 is 23.8 Å². The molecule has 110 valence electrons. The molecule has 0 unspecified atom stereocenters. The smallest absolute Gasteiger partial charge is 0.408 e. The molecule has 0 saturated carbocycles. The summed E-state index contributed by atoms with van der Waals surface area (Å²) >= 11 is 1.49. The van der Waals surface area contributed by atoms with Crippen LogP contribution in [0.2, 0.25) is 0 Å². The average molecular weight is 289 g/mol.